The highest BCUT2D eigenvalue weighted by atomic mass is 32.1. The maximum absolute atomic E-state index is 2.50. The van der Waals surface area contributed by atoms with E-state index in [-0.39, 0.29) is 5.41 Å². The lowest BCUT2D eigenvalue weighted by Crippen LogP contribution is -2.23. The van der Waals surface area contributed by atoms with Gasteiger partial charge in [0.1, 0.15) is 0 Å². The van der Waals surface area contributed by atoms with Crippen LogP contribution in [-0.2, 0) is 5.41 Å². The second kappa shape index (κ2) is 11.5. The molecule has 0 radical (unpaired) electrons. The minimum atomic E-state index is -0.284. The molecular formula is C55H33NS. The van der Waals surface area contributed by atoms with Crippen molar-refractivity contribution in [3.8, 4) is 55.6 Å². The summed E-state index contributed by atoms with van der Waals surface area (Å²) in [5.74, 6) is 0. The van der Waals surface area contributed by atoms with Gasteiger partial charge in [-0.2, -0.15) is 0 Å². The number of nitrogens with zero attached hydrogens (tertiary/aromatic N) is 1. The van der Waals surface area contributed by atoms with Gasteiger partial charge in [0, 0.05) is 37.2 Å². The number of thiophene rings is 1. The summed E-state index contributed by atoms with van der Waals surface area (Å²) in [6.07, 6.45) is 0. The lowest BCUT2D eigenvalue weighted by Gasteiger charge is -2.28. The average Bonchev–Trinajstić information content (AvgIpc) is 3.99. The van der Waals surface area contributed by atoms with Gasteiger partial charge in [0.2, 0.25) is 0 Å². The molecule has 10 aromatic rings. The molecule has 0 aliphatic heterocycles. The van der Waals surface area contributed by atoms with Crippen LogP contribution in [0.4, 0.5) is 17.1 Å². The topological polar surface area (TPSA) is 3.24 Å². The Kier molecular flexibility index (Phi) is 6.31. The van der Waals surface area contributed by atoms with Gasteiger partial charge in [-0.25, -0.2) is 0 Å². The molecule has 1 unspecified atom stereocenters. The number of rotatable bonds is 5. The normalized spacial score (nSPS) is 15.1. The SMILES string of the molecule is c1ccc(-c2ccc(N(c3ccc(-c4ccc5c(c4)C46c7ccccc7-c7cccc(c74)-c4cccc-5c46)cc3)c3ccc4c(c3)sc3ccccc34)cc2)cc1. The third-order valence-corrected chi connectivity index (χ3v) is 13.9. The van der Waals surface area contributed by atoms with Gasteiger partial charge < -0.3 is 4.90 Å². The third-order valence-electron chi connectivity index (χ3n) is 12.8. The minimum absolute atomic E-state index is 0.284. The smallest absolute Gasteiger partial charge is 0.0737 e. The van der Waals surface area contributed by atoms with Gasteiger partial charge in [0.15, 0.2) is 0 Å². The molecule has 264 valence electrons. The van der Waals surface area contributed by atoms with Gasteiger partial charge in [-0.3, -0.25) is 0 Å². The van der Waals surface area contributed by atoms with Gasteiger partial charge in [0.05, 0.1) is 5.41 Å². The van der Waals surface area contributed by atoms with Crippen molar-refractivity contribution in [2.75, 3.05) is 4.90 Å². The molecule has 0 bridgehead atoms. The van der Waals surface area contributed by atoms with E-state index in [1.807, 2.05) is 11.3 Å². The van der Waals surface area contributed by atoms with Crippen LogP contribution < -0.4 is 4.90 Å². The Morgan fingerprint density at radius 2 is 0.825 bits per heavy atom. The van der Waals surface area contributed by atoms with Gasteiger partial charge in [-0.05, 0) is 126 Å². The number of hydrogen-bond donors (Lipinski definition) is 0. The predicted octanol–water partition coefficient (Wildman–Crippen LogP) is 15.2. The van der Waals surface area contributed by atoms with E-state index >= 15 is 0 Å². The maximum Gasteiger partial charge on any atom is 0.0737 e. The zero-order chi connectivity index (χ0) is 37.2. The van der Waals surface area contributed by atoms with Crippen molar-refractivity contribution in [3.63, 3.8) is 0 Å². The van der Waals surface area contributed by atoms with Crippen LogP contribution in [-0.4, -0.2) is 0 Å². The van der Waals surface area contributed by atoms with E-state index in [4.69, 9.17) is 0 Å². The largest absolute Gasteiger partial charge is 0.310 e. The molecule has 1 aromatic heterocycles. The van der Waals surface area contributed by atoms with Crippen molar-refractivity contribution in [3.05, 3.63) is 222 Å². The Labute approximate surface area is 335 Å². The second-order valence-corrected chi connectivity index (χ2v) is 16.7. The van der Waals surface area contributed by atoms with E-state index < -0.39 is 0 Å². The zero-order valence-corrected chi connectivity index (χ0v) is 31.7. The second-order valence-electron chi connectivity index (χ2n) is 15.6. The van der Waals surface area contributed by atoms with E-state index in [0.29, 0.717) is 0 Å². The Balaban J connectivity index is 0.942. The minimum Gasteiger partial charge on any atom is -0.310 e. The summed E-state index contributed by atoms with van der Waals surface area (Å²) in [4.78, 5) is 2.40. The molecule has 0 N–H and O–H groups in total. The van der Waals surface area contributed by atoms with Crippen molar-refractivity contribution >= 4 is 48.6 Å². The first-order chi connectivity index (χ1) is 28.3. The number of hydrogen-bond acceptors (Lipinski definition) is 2. The number of fused-ring (bicyclic) bond motifs is 8. The highest BCUT2D eigenvalue weighted by Crippen LogP contribution is 2.70. The van der Waals surface area contributed by atoms with Crippen molar-refractivity contribution < 1.29 is 0 Å². The van der Waals surface area contributed by atoms with E-state index in [0.717, 1.165) is 17.1 Å². The molecule has 0 amide bonds. The first-order valence-electron chi connectivity index (χ1n) is 19.8. The van der Waals surface area contributed by atoms with Gasteiger partial charge in [0.25, 0.3) is 0 Å². The molecule has 1 atom stereocenters. The summed E-state index contributed by atoms with van der Waals surface area (Å²) >= 11 is 1.86. The highest BCUT2D eigenvalue weighted by molar-refractivity contribution is 7.25. The zero-order valence-electron chi connectivity index (χ0n) is 30.9. The van der Waals surface area contributed by atoms with Crippen LogP contribution in [0.5, 0.6) is 0 Å². The van der Waals surface area contributed by atoms with Gasteiger partial charge in [-0.15, -0.1) is 11.3 Å². The summed E-state index contributed by atoms with van der Waals surface area (Å²) in [5, 5.41) is 2.63. The number of anilines is 3. The van der Waals surface area contributed by atoms with Gasteiger partial charge >= 0.3 is 0 Å². The van der Waals surface area contributed by atoms with Crippen LogP contribution in [0.15, 0.2) is 200 Å². The summed E-state index contributed by atoms with van der Waals surface area (Å²) in [6.45, 7) is 0. The molecule has 0 saturated heterocycles. The first-order valence-corrected chi connectivity index (χ1v) is 20.6. The molecule has 1 heterocycles. The quantitative estimate of drug-likeness (QED) is 0.170. The van der Waals surface area contributed by atoms with Crippen molar-refractivity contribution in [1.29, 1.82) is 0 Å². The fourth-order valence-electron chi connectivity index (χ4n) is 10.5. The molecule has 0 saturated carbocycles. The Bertz CT molecular complexity index is 3250. The molecule has 3 aliphatic carbocycles. The lowest BCUT2D eigenvalue weighted by atomic mass is 9.73. The third kappa shape index (κ3) is 4.18. The van der Waals surface area contributed by atoms with E-state index in [1.54, 1.807) is 0 Å². The van der Waals surface area contributed by atoms with E-state index in [1.165, 1.54) is 98.1 Å². The van der Waals surface area contributed by atoms with Crippen molar-refractivity contribution in [2.45, 2.75) is 5.41 Å². The van der Waals surface area contributed by atoms with Crippen LogP contribution in [0.25, 0.3) is 75.8 Å². The van der Waals surface area contributed by atoms with Crippen LogP contribution in [0.3, 0.4) is 0 Å². The summed E-state index contributed by atoms with van der Waals surface area (Å²) in [6, 6.07) is 74.6. The standard InChI is InChI=1S/C55H33NS/c1-2-10-34(11-3-1)35-20-25-38(26-21-35)56(40-29-31-44-43-13-5-7-19-51(43)57-52(44)33-40)39-27-22-36(23-28-39)37-24-30-42-46-15-9-17-48-47-16-8-14-45-41-12-4-6-18-49(41)55(53(45)47,54(46)48)50(42)32-37/h1-33H. The predicted molar refractivity (Wildman–Crippen MR) is 240 cm³/mol. The van der Waals surface area contributed by atoms with Gasteiger partial charge in [-0.1, -0.05) is 152 Å². The Morgan fingerprint density at radius 3 is 1.54 bits per heavy atom. The van der Waals surface area contributed by atoms with Crippen LogP contribution >= 0.6 is 11.3 Å². The number of benzene rings is 9. The molecule has 0 fully saturated rings. The van der Waals surface area contributed by atoms with Crippen LogP contribution in [0.2, 0.25) is 0 Å². The van der Waals surface area contributed by atoms with Crippen molar-refractivity contribution in [1.82, 2.24) is 0 Å². The summed E-state index contributed by atoms with van der Waals surface area (Å²) in [7, 11) is 0. The molecule has 3 aliphatic rings. The van der Waals surface area contributed by atoms with Crippen molar-refractivity contribution in [2.24, 2.45) is 0 Å². The summed E-state index contributed by atoms with van der Waals surface area (Å²) < 4.78 is 2.61. The fraction of sp³-hybridized carbons (Fsp3) is 0.0182. The lowest BCUT2D eigenvalue weighted by molar-refractivity contribution is 0.818. The summed E-state index contributed by atoms with van der Waals surface area (Å²) in [5.41, 5.74) is 22.0. The fourth-order valence-corrected chi connectivity index (χ4v) is 11.6. The van der Waals surface area contributed by atoms with Crippen LogP contribution in [0.1, 0.15) is 22.3 Å². The molecule has 13 rings (SSSR count). The first kappa shape index (κ1) is 31.2. The molecule has 57 heavy (non-hydrogen) atoms. The Morgan fingerprint density at radius 1 is 0.316 bits per heavy atom. The Hall–Kier alpha value is -7.00. The molecule has 9 aromatic carbocycles. The molecular weight excluding hydrogens is 707 g/mol. The molecule has 2 heteroatoms. The molecule has 1 nitrogen and oxygen atoms in total. The highest BCUT2D eigenvalue weighted by Gasteiger charge is 2.57. The average molecular weight is 740 g/mol. The van der Waals surface area contributed by atoms with E-state index in [9.17, 15) is 0 Å². The molecule has 1 spiro atoms. The maximum atomic E-state index is 2.50. The monoisotopic (exact) mass is 739 g/mol. The van der Waals surface area contributed by atoms with E-state index in [2.05, 4.69) is 205 Å². The van der Waals surface area contributed by atoms with Crippen LogP contribution in [0, 0.1) is 0 Å².